The second-order valence-corrected chi connectivity index (χ2v) is 6.26. The van der Waals surface area contributed by atoms with Crippen LogP contribution < -0.4 is 0 Å². The molecule has 0 radical (unpaired) electrons. The Hall–Kier alpha value is -1.71. The molecule has 0 aliphatic heterocycles. The van der Waals surface area contributed by atoms with Crippen molar-refractivity contribution < 1.29 is 9.50 Å². The maximum Gasteiger partial charge on any atom is 0.123 e. The van der Waals surface area contributed by atoms with E-state index in [2.05, 4.69) is 0 Å². The summed E-state index contributed by atoms with van der Waals surface area (Å²) in [4.78, 5) is 0.826. The maximum absolute atomic E-state index is 13.5. The highest BCUT2D eigenvalue weighted by Gasteiger charge is 2.29. The highest BCUT2D eigenvalue weighted by molar-refractivity contribution is 7.19. The lowest BCUT2D eigenvalue weighted by Crippen LogP contribution is -2.22. The van der Waals surface area contributed by atoms with Gasteiger partial charge in [0, 0.05) is 9.58 Å². The van der Waals surface area contributed by atoms with Crippen molar-refractivity contribution in [1.29, 1.82) is 0 Å². The molecule has 0 amide bonds. The summed E-state index contributed by atoms with van der Waals surface area (Å²) >= 11 is 1.54. The normalized spacial score (nSPS) is 14.4. The van der Waals surface area contributed by atoms with Crippen molar-refractivity contribution in [2.75, 3.05) is 0 Å². The summed E-state index contributed by atoms with van der Waals surface area (Å²) in [5.41, 5.74) is 0.313. The van der Waals surface area contributed by atoms with Crippen LogP contribution in [0.15, 0.2) is 48.5 Å². The van der Waals surface area contributed by atoms with Crippen molar-refractivity contribution in [3.63, 3.8) is 0 Å². The Morgan fingerprint density at radius 3 is 2.60 bits per heavy atom. The van der Waals surface area contributed by atoms with Gasteiger partial charge in [-0.1, -0.05) is 24.3 Å². The van der Waals surface area contributed by atoms with Crippen LogP contribution in [0, 0.1) is 12.7 Å². The van der Waals surface area contributed by atoms with Gasteiger partial charge < -0.3 is 5.11 Å². The molecule has 0 saturated heterocycles. The van der Waals surface area contributed by atoms with E-state index < -0.39 is 5.60 Å². The molecule has 3 heteroatoms. The minimum Gasteiger partial charge on any atom is -0.380 e. The Balaban J connectivity index is 2.17. The van der Waals surface area contributed by atoms with Crippen LogP contribution in [0.25, 0.3) is 10.1 Å². The lowest BCUT2D eigenvalue weighted by atomic mass is 9.90. The molecule has 2 aromatic carbocycles. The zero-order valence-corrected chi connectivity index (χ0v) is 12.2. The predicted octanol–water partition coefficient (Wildman–Crippen LogP) is 4.60. The van der Waals surface area contributed by atoms with Gasteiger partial charge in [-0.15, -0.1) is 11.3 Å². The molecule has 1 heterocycles. The van der Waals surface area contributed by atoms with Crippen LogP contribution in [0.4, 0.5) is 4.39 Å². The highest BCUT2D eigenvalue weighted by Crippen LogP contribution is 2.38. The molecule has 1 unspecified atom stereocenters. The van der Waals surface area contributed by atoms with Crippen molar-refractivity contribution in [1.82, 2.24) is 0 Å². The van der Waals surface area contributed by atoms with Crippen molar-refractivity contribution in [2.45, 2.75) is 19.4 Å². The zero-order valence-electron chi connectivity index (χ0n) is 11.4. The van der Waals surface area contributed by atoms with E-state index in [0.717, 1.165) is 20.5 Å². The maximum atomic E-state index is 13.5. The van der Waals surface area contributed by atoms with Crippen molar-refractivity contribution in [3.8, 4) is 0 Å². The first-order valence-electron chi connectivity index (χ1n) is 6.46. The molecule has 1 N–H and O–H groups in total. The van der Waals surface area contributed by atoms with Crippen molar-refractivity contribution in [3.05, 3.63) is 70.4 Å². The second-order valence-electron chi connectivity index (χ2n) is 5.18. The summed E-state index contributed by atoms with van der Waals surface area (Å²) in [5.74, 6) is -0.327. The minimum absolute atomic E-state index is 0.327. The number of rotatable bonds is 2. The van der Waals surface area contributed by atoms with Crippen LogP contribution in [0.3, 0.4) is 0 Å². The third-order valence-corrected chi connectivity index (χ3v) is 4.96. The Kier molecular flexibility index (Phi) is 3.11. The Labute approximate surface area is 121 Å². The molecule has 0 aliphatic rings. The number of thiophene rings is 1. The zero-order chi connectivity index (χ0) is 14.3. The summed E-state index contributed by atoms with van der Waals surface area (Å²) in [5, 5.41) is 12.0. The van der Waals surface area contributed by atoms with Gasteiger partial charge in [0.2, 0.25) is 0 Å². The first kappa shape index (κ1) is 13.3. The second kappa shape index (κ2) is 4.69. The number of aryl methyl sites for hydroxylation is 1. The average molecular weight is 286 g/mol. The van der Waals surface area contributed by atoms with E-state index in [9.17, 15) is 9.50 Å². The van der Waals surface area contributed by atoms with Gasteiger partial charge in [-0.2, -0.15) is 0 Å². The molecule has 102 valence electrons. The van der Waals surface area contributed by atoms with Gasteiger partial charge in [0.25, 0.3) is 0 Å². The van der Waals surface area contributed by atoms with Crippen LogP contribution in [0.1, 0.15) is 22.9 Å². The molecule has 1 atom stereocenters. The Morgan fingerprint density at radius 1 is 1.10 bits per heavy atom. The quantitative estimate of drug-likeness (QED) is 0.729. The van der Waals surface area contributed by atoms with Gasteiger partial charge >= 0.3 is 0 Å². The molecule has 1 aromatic heterocycles. The Morgan fingerprint density at radius 2 is 1.85 bits per heavy atom. The van der Waals surface area contributed by atoms with Gasteiger partial charge in [-0.25, -0.2) is 4.39 Å². The van der Waals surface area contributed by atoms with Gasteiger partial charge in [0.15, 0.2) is 0 Å². The SMILES string of the molecule is Cc1ccc(F)cc1C(C)(O)c1cc2ccccc2s1. The van der Waals surface area contributed by atoms with E-state index in [-0.39, 0.29) is 5.82 Å². The van der Waals surface area contributed by atoms with E-state index in [0.29, 0.717) is 5.56 Å². The molecule has 0 fully saturated rings. The summed E-state index contributed by atoms with van der Waals surface area (Å²) < 4.78 is 14.6. The molecule has 3 aromatic rings. The van der Waals surface area contributed by atoms with E-state index in [1.165, 1.54) is 12.1 Å². The standard InChI is InChI=1S/C17H15FOS/c1-11-7-8-13(18)10-14(11)17(2,19)16-9-12-5-3-4-6-15(12)20-16/h3-10,19H,1-2H3. The fourth-order valence-corrected chi connectivity index (χ4v) is 3.60. The molecular weight excluding hydrogens is 271 g/mol. The smallest absolute Gasteiger partial charge is 0.123 e. The first-order valence-corrected chi connectivity index (χ1v) is 7.28. The lowest BCUT2D eigenvalue weighted by molar-refractivity contribution is 0.105. The van der Waals surface area contributed by atoms with Crippen LogP contribution in [0.5, 0.6) is 0 Å². The third kappa shape index (κ3) is 2.13. The van der Waals surface area contributed by atoms with E-state index in [1.807, 2.05) is 37.3 Å². The van der Waals surface area contributed by atoms with Gasteiger partial charge in [0.1, 0.15) is 11.4 Å². The molecule has 0 bridgehead atoms. The largest absolute Gasteiger partial charge is 0.380 e. The number of hydrogen-bond donors (Lipinski definition) is 1. The van der Waals surface area contributed by atoms with E-state index in [4.69, 9.17) is 0 Å². The number of benzene rings is 2. The molecule has 3 rings (SSSR count). The molecule has 20 heavy (non-hydrogen) atoms. The molecular formula is C17H15FOS. The number of aliphatic hydroxyl groups is 1. The van der Waals surface area contributed by atoms with Crippen molar-refractivity contribution in [2.24, 2.45) is 0 Å². The fourth-order valence-electron chi connectivity index (χ4n) is 2.47. The van der Waals surface area contributed by atoms with E-state index >= 15 is 0 Å². The third-order valence-electron chi connectivity index (χ3n) is 3.63. The van der Waals surface area contributed by atoms with E-state index in [1.54, 1.807) is 24.3 Å². The fraction of sp³-hybridized carbons (Fsp3) is 0.176. The molecule has 1 nitrogen and oxygen atoms in total. The van der Waals surface area contributed by atoms with Gasteiger partial charge in [-0.3, -0.25) is 0 Å². The topological polar surface area (TPSA) is 20.2 Å². The monoisotopic (exact) mass is 286 g/mol. The Bertz CT molecular complexity index is 741. The highest BCUT2D eigenvalue weighted by atomic mass is 32.1. The van der Waals surface area contributed by atoms with Crippen LogP contribution in [0.2, 0.25) is 0 Å². The van der Waals surface area contributed by atoms with Gasteiger partial charge in [-0.05, 0) is 54.6 Å². The number of hydrogen-bond acceptors (Lipinski definition) is 2. The number of halogens is 1. The van der Waals surface area contributed by atoms with Crippen LogP contribution in [-0.2, 0) is 5.60 Å². The van der Waals surface area contributed by atoms with Gasteiger partial charge in [0.05, 0.1) is 0 Å². The van der Waals surface area contributed by atoms with Crippen LogP contribution >= 0.6 is 11.3 Å². The lowest BCUT2D eigenvalue weighted by Gasteiger charge is -2.24. The predicted molar refractivity (Wildman–Crippen MR) is 81.6 cm³/mol. The molecule has 0 spiro atoms. The van der Waals surface area contributed by atoms with Crippen LogP contribution in [-0.4, -0.2) is 5.11 Å². The molecule has 0 saturated carbocycles. The first-order chi connectivity index (χ1) is 9.48. The molecule has 0 aliphatic carbocycles. The summed E-state index contributed by atoms with van der Waals surface area (Å²) in [6.45, 7) is 3.61. The summed E-state index contributed by atoms with van der Waals surface area (Å²) in [6, 6.07) is 14.5. The number of fused-ring (bicyclic) bond motifs is 1. The summed E-state index contributed by atoms with van der Waals surface area (Å²) in [6.07, 6.45) is 0. The van der Waals surface area contributed by atoms with Crippen molar-refractivity contribution >= 4 is 21.4 Å². The minimum atomic E-state index is -1.18. The summed E-state index contributed by atoms with van der Waals surface area (Å²) in [7, 11) is 0. The average Bonchev–Trinajstić information content (AvgIpc) is 2.86.